The van der Waals surface area contributed by atoms with Gasteiger partial charge < -0.3 is 10.1 Å². The van der Waals surface area contributed by atoms with Crippen molar-refractivity contribution in [2.45, 2.75) is 20.3 Å². The molecule has 0 spiro atoms. The Morgan fingerprint density at radius 3 is 2.71 bits per heavy atom. The lowest BCUT2D eigenvalue weighted by Gasteiger charge is -2.08. The maximum absolute atomic E-state index is 11.8. The molecular weight excluding hydrogens is 313 g/mol. The zero-order chi connectivity index (χ0) is 15.4. The molecule has 0 bridgehead atoms. The molecular formula is C14H15Cl2N3O2. The summed E-state index contributed by atoms with van der Waals surface area (Å²) in [6, 6.07) is 4.97. The van der Waals surface area contributed by atoms with Crippen LogP contribution in [0.15, 0.2) is 18.2 Å². The van der Waals surface area contributed by atoms with Crippen LogP contribution >= 0.6 is 23.2 Å². The van der Waals surface area contributed by atoms with Crippen molar-refractivity contribution >= 4 is 34.8 Å². The fourth-order valence-corrected chi connectivity index (χ4v) is 2.05. The van der Waals surface area contributed by atoms with Gasteiger partial charge in [-0.25, -0.2) is 0 Å². The summed E-state index contributed by atoms with van der Waals surface area (Å²) >= 11 is 11.7. The van der Waals surface area contributed by atoms with Gasteiger partial charge in [0.25, 0.3) is 0 Å². The average molecular weight is 328 g/mol. The predicted molar refractivity (Wildman–Crippen MR) is 83.3 cm³/mol. The highest BCUT2D eigenvalue weighted by molar-refractivity contribution is 6.42. The molecule has 5 nitrogen and oxygen atoms in total. The minimum Gasteiger partial charge on any atom is -0.493 e. The second kappa shape index (κ2) is 6.83. The van der Waals surface area contributed by atoms with E-state index in [4.69, 9.17) is 27.9 Å². The number of nitrogens with one attached hydrogen (secondary N) is 2. The number of benzene rings is 1. The summed E-state index contributed by atoms with van der Waals surface area (Å²) in [7, 11) is 0. The monoisotopic (exact) mass is 327 g/mol. The summed E-state index contributed by atoms with van der Waals surface area (Å²) in [5, 5.41) is 10.5. The standard InChI is InChI=1S/C14H15Cl2N3O2/c1-8-14(9(2)19-18-8)17-13(20)5-6-21-10-3-4-11(15)12(16)7-10/h3-4,7H,5-6H2,1-2H3,(H,17,20)(H,18,19). The van der Waals surface area contributed by atoms with Crippen LogP contribution in [-0.4, -0.2) is 22.7 Å². The van der Waals surface area contributed by atoms with Crippen LogP contribution in [0.3, 0.4) is 0 Å². The summed E-state index contributed by atoms with van der Waals surface area (Å²) in [5.41, 5.74) is 2.30. The molecule has 0 unspecified atom stereocenters. The summed E-state index contributed by atoms with van der Waals surface area (Å²) in [6.07, 6.45) is 0.226. The zero-order valence-electron chi connectivity index (χ0n) is 11.7. The first kappa shape index (κ1) is 15.7. The highest BCUT2D eigenvalue weighted by atomic mass is 35.5. The van der Waals surface area contributed by atoms with Crippen molar-refractivity contribution in [2.24, 2.45) is 0 Å². The van der Waals surface area contributed by atoms with Gasteiger partial charge in [-0.1, -0.05) is 23.2 Å². The third kappa shape index (κ3) is 4.12. The topological polar surface area (TPSA) is 67.0 Å². The van der Waals surface area contributed by atoms with Crippen LogP contribution in [0.4, 0.5) is 5.69 Å². The van der Waals surface area contributed by atoms with Crippen molar-refractivity contribution < 1.29 is 9.53 Å². The van der Waals surface area contributed by atoms with E-state index >= 15 is 0 Å². The maximum atomic E-state index is 11.8. The van der Waals surface area contributed by atoms with Gasteiger partial charge in [0.1, 0.15) is 5.75 Å². The highest BCUT2D eigenvalue weighted by Gasteiger charge is 2.10. The van der Waals surface area contributed by atoms with E-state index in [0.717, 1.165) is 17.1 Å². The number of aryl methyl sites for hydroxylation is 2. The summed E-state index contributed by atoms with van der Waals surface area (Å²) < 4.78 is 5.46. The van der Waals surface area contributed by atoms with Crippen molar-refractivity contribution in [3.63, 3.8) is 0 Å². The number of aromatic nitrogens is 2. The Balaban J connectivity index is 1.83. The Hall–Kier alpha value is -1.72. The molecule has 2 N–H and O–H groups in total. The number of carbonyl (C=O) groups excluding carboxylic acids is 1. The number of nitrogens with zero attached hydrogens (tertiary/aromatic N) is 1. The fraction of sp³-hybridized carbons (Fsp3) is 0.286. The van der Waals surface area contributed by atoms with Crippen molar-refractivity contribution in [1.82, 2.24) is 10.2 Å². The first-order chi connectivity index (χ1) is 9.97. The van der Waals surface area contributed by atoms with Crippen LogP contribution in [-0.2, 0) is 4.79 Å². The largest absolute Gasteiger partial charge is 0.493 e. The van der Waals surface area contributed by atoms with Crippen LogP contribution in [0.5, 0.6) is 5.75 Å². The number of halogens is 2. The van der Waals surface area contributed by atoms with Crippen LogP contribution in [0.1, 0.15) is 17.8 Å². The van der Waals surface area contributed by atoms with Crippen LogP contribution in [0, 0.1) is 13.8 Å². The Kier molecular flexibility index (Phi) is 5.09. The van der Waals surface area contributed by atoms with Crippen molar-refractivity contribution in [3.05, 3.63) is 39.6 Å². The molecule has 2 rings (SSSR count). The molecule has 1 heterocycles. The van der Waals surface area contributed by atoms with Gasteiger partial charge in [-0.05, 0) is 26.0 Å². The van der Waals surface area contributed by atoms with E-state index in [2.05, 4.69) is 15.5 Å². The fourth-order valence-electron chi connectivity index (χ4n) is 1.77. The first-order valence-electron chi connectivity index (χ1n) is 6.36. The molecule has 0 aliphatic rings. The van der Waals surface area contributed by atoms with Gasteiger partial charge in [-0.2, -0.15) is 5.10 Å². The van der Waals surface area contributed by atoms with Gasteiger partial charge in [-0.3, -0.25) is 9.89 Å². The summed E-state index contributed by atoms with van der Waals surface area (Å²) in [4.78, 5) is 11.8. The molecule has 7 heteroatoms. The number of amides is 1. The molecule has 1 aromatic heterocycles. The number of ether oxygens (including phenoxy) is 1. The van der Waals surface area contributed by atoms with E-state index in [9.17, 15) is 4.79 Å². The van der Waals surface area contributed by atoms with Gasteiger partial charge in [-0.15, -0.1) is 0 Å². The highest BCUT2D eigenvalue weighted by Crippen LogP contribution is 2.26. The number of carbonyl (C=O) groups is 1. The van der Waals surface area contributed by atoms with E-state index in [1.54, 1.807) is 18.2 Å². The molecule has 0 saturated heterocycles. The molecule has 1 amide bonds. The first-order valence-corrected chi connectivity index (χ1v) is 7.12. The van der Waals surface area contributed by atoms with Gasteiger partial charge in [0.05, 0.1) is 40.1 Å². The lowest BCUT2D eigenvalue weighted by atomic mass is 10.3. The Labute approximate surface area is 132 Å². The lowest BCUT2D eigenvalue weighted by Crippen LogP contribution is -2.16. The molecule has 112 valence electrons. The Morgan fingerprint density at radius 1 is 1.33 bits per heavy atom. The minimum absolute atomic E-state index is 0.136. The molecule has 1 aromatic carbocycles. The molecule has 0 fully saturated rings. The smallest absolute Gasteiger partial charge is 0.227 e. The van der Waals surface area contributed by atoms with E-state index in [-0.39, 0.29) is 18.9 Å². The third-order valence-corrected chi connectivity index (χ3v) is 3.62. The summed E-state index contributed by atoms with van der Waals surface area (Å²) in [6.45, 7) is 3.92. The van der Waals surface area contributed by atoms with Gasteiger partial charge in [0.15, 0.2) is 0 Å². The van der Waals surface area contributed by atoms with Crippen molar-refractivity contribution in [2.75, 3.05) is 11.9 Å². The van der Waals surface area contributed by atoms with Gasteiger partial charge in [0, 0.05) is 6.07 Å². The number of anilines is 1. The van der Waals surface area contributed by atoms with Gasteiger partial charge in [0.2, 0.25) is 5.91 Å². The summed E-state index contributed by atoms with van der Waals surface area (Å²) in [5.74, 6) is 0.440. The van der Waals surface area contributed by atoms with Crippen molar-refractivity contribution in [1.29, 1.82) is 0 Å². The number of rotatable bonds is 5. The minimum atomic E-state index is -0.136. The third-order valence-electron chi connectivity index (χ3n) is 2.88. The number of hydrogen-bond acceptors (Lipinski definition) is 3. The van der Waals surface area contributed by atoms with Crippen LogP contribution in [0.25, 0.3) is 0 Å². The predicted octanol–water partition coefficient (Wildman–Crippen LogP) is 3.74. The number of hydrogen-bond donors (Lipinski definition) is 2. The number of H-pyrrole nitrogens is 1. The second-order valence-electron chi connectivity index (χ2n) is 4.53. The van der Waals surface area contributed by atoms with Crippen molar-refractivity contribution in [3.8, 4) is 5.75 Å². The van der Waals surface area contributed by atoms with E-state index < -0.39 is 0 Å². The van der Waals surface area contributed by atoms with E-state index in [1.165, 1.54) is 0 Å². The number of aromatic amines is 1. The molecule has 0 atom stereocenters. The SMILES string of the molecule is Cc1n[nH]c(C)c1NC(=O)CCOc1ccc(Cl)c(Cl)c1. The lowest BCUT2D eigenvalue weighted by molar-refractivity contribution is -0.116. The zero-order valence-corrected chi connectivity index (χ0v) is 13.2. The van der Waals surface area contributed by atoms with Crippen LogP contribution in [0.2, 0.25) is 10.0 Å². The average Bonchev–Trinajstić information content (AvgIpc) is 2.75. The van der Waals surface area contributed by atoms with Crippen LogP contribution < -0.4 is 10.1 Å². The maximum Gasteiger partial charge on any atom is 0.227 e. The molecule has 21 heavy (non-hydrogen) atoms. The molecule has 0 radical (unpaired) electrons. The molecule has 2 aromatic rings. The second-order valence-corrected chi connectivity index (χ2v) is 5.35. The Bertz CT molecular complexity index is 636. The molecule has 0 aliphatic heterocycles. The van der Waals surface area contributed by atoms with Gasteiger partial charge >= 0.3 is 0 Å². The Morgan fingerprint density at radius 2 is 2.10 bits per heavy atom. The quantitative estimate of drug-likeness (QED) is 0.878. The molecule has 0 saturated carbocycles. The van der Waals surface area contributed by atoms with E-state index in [1.807, 2.05) is 13.8 Å². The van der Waals surface area contributed by atoms with E-state index in [0.29, 0.717) is 15.8 Å². The normalized spacial score (nSPS) is 10.5. The molecule has 0 aliphatic carbocycles.